The number of nitrogens with zero attached hydrogens (tertiary/aromatic N) is 4. The van der Waals surface area contributed by atoms with Crippen molar-refractivity contribution in [2.45, 2.75) is 52.7 Å². The van der Waals surface area contributed by atoms with Crippen LogP contribution in [0.3, 0.4) is 0 Å². The third-order valence-electron chi connectivity index (χ3n) is 3.86. The normalized spacial score (nSPS) is 12.7. The summed E-state index contributed by atoms with van der Waals surface area (Å²) >= 11 is 6.08. The van der Waals surface area contributed by atoms with Gasteiger partial charge in [0.2, 0.25) is 11.2 Å². The first-order valence-electron chi connectivity index (χ1n) is 8.02. The molecule has 5 nitrogen and oxygen atoms in total. The number of hydrogen-bond donors (Lipinski definition) is 0. The van der Waals surface area contributed by atoms with Crippen molar-refractivity contribution in [3.8, 4) is 5.88 Å². The molecule has 0 aromatic carbocycles. The van der Waals surface area contributed by atoms with Crippen molar-refractivity contribution >= 4 is 11.6 Å². The molecule has 134 valence electrons. The average molecular weight is 353 g/mol. The molecular weight excluding hydrogens is 324 g/mol. The van der Waals surface area contributed by atoms with Gasteiger partial charge in [-0.25, -0.2) is 4.98 Å². The Bertz CT molecular complexity index is 593. The summed E-state index contributed by atoms with van der Waals surface area (Å²) in [5.74, 6) is 1.08. The van der Waals surface area contributed by atoms with Crippen LogP contribution < -0.4 is 4.74 Å². The number of hydrogen-bond acceptors (Lipinski definition) is 5. The summed E-state index contributed by atoms with van der Waals surface area (Å²) in [4.78, 5) is 12.7. The standard InChI is InChI=1S/C18H29ClN4O/c1-9-10-16(23(8)13(2)3)24-15-11-14(20-17(19)21-15)12-22(7)18(4,5)6/h9-11,13H,1,12H2,2-8H3/b16-10+. The highest BCUT2D eigenvalue weighted by Gasteiger charge is 2.19. The number of halogens is 1. The predicted molar refractivity (Wildman–Crippen MR) is 100 cm³/mol. The molecule has 1 rings (SSSR count). The summed E-state index contributed by atoms with van der Waals surface area (Å²) in [5, 5.41) is 0.176. The Balaban J connectivity index is 3.04. The SMILES string of the molecule is C=C/C=C(/Oc1cc(CN(C)C(C)(C)C)nc(Cl)n1)N(C)C(C)C. The monoisotopic (exact) mass is 352 g/mol. The number of ether oxygens (including phenoxy) is 1. The summed E-state index contributed by atoms with van der Waals surface area (Å²) in [7, 11) is 4.00. The largest absolute Gasteiger partial charge is 0.423 e. The molecule has 1 heterocycles. The fraction of sp³-hybridized carbons (Fsp3) is 0.556. The van der Waals surface area contributed by atoms with Gasteiger partial charge in [0.1, 0.15) is 0 Å². The van der Waals surface area contributed by atoms with E-state index in [4.69, 9.17) is 16.3 Å². The van der Waals surface area contributed by atoms with Gasteiger partial charge in [0, 0.05) is 31.2 Å². The van der Waals surface area contributed by atoms with E-state index in [0.717, 1.165) is 5.69 Å². The van der Waals surface area contributed by atoms with E-state index in [0.29, 0.717) is 18.3 Å². The van der Waals surface area contributed by atoms with E-state index < -0.39 is 0 Å². The zero-order valence-corrected chi connectivity index (χ0v) is 16.6. The van der Waals surface area contributed by atoms with Crippen LogP contribution in [0.1, 0.15) is 40.3 Å². The Morgan fingerprint density at radius 2 is 1.96 bits per heavy atom. The minimum Gasteiger partial charge on any atom is -0.423 e. The van der Waals surface area contributed by atoms with Crippen LogP contribution in [0.15, 0.2) is 30.7 Å². The molecule has 0 aliphatic rings. The lowest BCUT2D eigenvalue weighted by Crippen LogP contribution is -2.37. The van der Waals surface area contributed by atoms with Gasteiger partial charge in [0.15, 0.2) is 5.88 Å². The molecular formula is C18H29ClN4O. The molecule has 0 aliphatic heterocycles. The van der Waals surface area contributed by atoms with E-state index in [1.54, 1.807) is 12.2 Å². The quantitative estimate of drug-likeness (QED) is 0.419. The van der Waals surface area contributed by atoms with Crippen LogP contribution in [0.2, 0.25) is 5.28 Å². The van der Waals surface area contributed by atoms with E-state index in [2.05, 4.69) is 56.1 Å². The summed E-state index contributed by atoms with van der Waals surface area (Å²) < 4.78 is 5.93. The molecule has 0 saturated heterocycles. The molecule has 0 saturated carbocycles. The van der Waals surface area contributed by atoms with Crippen molar-refractivity contribution < 1.29 is 4.74 Å². The van der Waals surface area contributed by atoms with Gasteiger partial charge in [-0.05, 0) is 59.3 Å². The second-order valence-corrected chi connectivity index (χ2v) is 7.38. The van der Waals surface area contributed by atoms with Gasteiger partial charge in [-0.3, -0.25) is 4.90 Å². The molecule has 0 aliphatic carbocycles. The van der Waals surface area contributed by atoms with Crippen LogP contribution >= 0.6 is 11.6 Å². The summed E-state index contributed by atoms with van der Waals surface area (Å²) in [6.07, 6.45) is 3.49. The van der Waals surface area contributed by atoms with Crippen LogP contribution in [0.5, 0.6) is 5.88 Å². The summed E-state index contributed by atoms with van der Waals surface area (Å²) in [6.45, 7) is 15.0. The Morgan fingerprint density at radius 1 is 1.33 bits per heavy atom. The molecule has 0 unspecified atom stereocenters. The minimum atomic E-state index is 0.0320. The van der Waals surface area contributed by atoms with Gasteiger partial charge in [0.05, 0.1) is 5.69 Å². The third-order valence-corrected chi connectivity index (χ3v) is 4.03. The Morgan fingerprint density at radius 3 is 2.46 bits per heavy atom. The van der Waals surface area contributed by atoms with Crippen molar-refractivity contribution in [3.63, 3.8) is 0 Å². The number of allylic oxidation sites excluding steroid dienone is 2. The fourth-order valence-electron chi connectivity index (χ4n) is 1.74. The van der Waals surface area contributed by atoms with Gasteiger partial charge >= 0.3 is 0 Å². The predicted octanol–water partition coefficient (Wildman–Crippen LogP) is 4.11. The van der Waals surface area contributed by atoms with Crippen molar-refractivity contribution in [2.24, 2.45) is 0 Å². The van der Waals surface area contributed by atoms with Gasteiger partial charge < -0.3 is 9.64 Å². The average Bonchev–Trinajstić information content (AvgIpc) is 2.44. The first kappa shape index (κ1) is 20.5. The highest BCUT2D eigenvalue weighted by Crippen LogP contribution is 2.20. The van der Waals surface area contributed by atoms with Gasteiger partial charge in [0.25, 0.3) is 0 Å². The lowest BCUT2D eigenvalue weighted by Gasteiger charge is -2.31. The van der Waals surface area contributed by atoms with E-state index in [-0.39, 0.29) is 16.9 Å². The number of rotatable bonds is 7. The van der Waals surface area contributed by atoms with Crippen LogP contribution in [-0.4, -0.2) is 45.4 Å². The van der Waals surface area contributed by atoms with E-state index in [9.17, 15) is 0 Å². The van der Waals surface area contributed by atoms with Crippen LogP contribution in [-0.2, 0) is 6.54 Å². The van der Waals surface area contributed by atoms with Gasteiger partial charge in [-0.1, -0.05) is 12.7 Å². The summed E-state index contributed by atoms with van der Waals surface area (Å²) in [6, 6.07) is 2.10. The zero-order chi connectivity index (χ0) is 18.5. The van der Waals surface area contributed by atoms with Crippen LogP contribution in [0, 0.1) is 0 Å². The molecule has 0 spiro atoms. The smallest absolute Gasteiger partial charge is 0.225 e. The van der Waals surface area contributed by atoms with Crippen molar-refractivity contribution in [1.82, 2.24) is 19.8 Å². The lowest BCUT2D eigenvalue weighted by atomic mass is 10.1. The van der Waals surface area contributed by atoms with Crippen LogP contribution in [0.4, 0.5) is 0 Å². The highest BCUT2D eigenvalue weighted by atomic mass is 35.5. The first-order valence-corrected chi connectivity index (χ1v) is 8.40. The lowest BCUT2D eigenvalue weighted by molar-refractivity contribution is 0.164. The molecule has 0 fully saturated rings. The second-order valence-electron chi connectivity index (χ2n) is 7.04. The zero-order valence-electron chi connectivity index (χ0n) is 15.8. The molecule has 1 aromatic rings. The molecule has 0 radical (unpaired) electrons. The molecule has 0 atom stereocenters. The number of aromatic nitrogens is 2. The first-order chi connectivity index (χ1) is 11.0. The van der Waals surface area contributed by atoms with E-state index >= 15 is 0 Å². The maximum absolute atomic E-state index is 6.08. The molecule has 0 amide bonds. The van der Waals surface area contributed by atoms with Crippen molar-refractivity contribution in [1.29, 1.82) is 0 Å². The van der Waals surface area contributed by atoms with Gasteiger partial charge in [-0.15, -0.1) is 0 Å². The molecule has 0 bridgehead atoms. The molecule has 1 aromatic heterocycles. The topological polar surface area (TPSA) is 41.5 Å². The maximum atomic E-state index is 6.08. The van der Waals surface area contributed by atoms with E-state index in [1.165, 1.54) is 0 Å². The molecule has 24 heavy (non-hydrogen) atoms. The van der Waals surface area contributed by atoms with Crippen molar-refractivity contribution in [3.05, 3.63) is 41.7 Å². The fourth-order valence-corrected chi connectivity index (χ4v) is 1.93. The maximum Gasteiger partial charge on any atom is 0.225 e. The van der Waals surface area contributed by atoms with Crippen molar-refractivity contribution in [2.75, 3.05) is 14.1 Å². The summed E-state index contributed by atoms with van der Waals surface area (Å²) in [5.41, 5.74) is 0.845. The van der Waals surface area contributed by atoms with Crippen LogP contribution in [0.25, 0.3) is 0 Å². The molecule has 6 heteroatoms. The van der Waals surface area contributed by atoms with E-state index in [1.807, 2.05) is 25.1 Å². The minimum absolute atomic E-state index is 0.0320. The van der Waals surface area contributed by atoms with Gasteiger partial charge in [-0.2, -0.15) is 4.98 Å². The third kappa shape index (κ3) is 6.13. The Kier molecular flexibility index (Phi) is 7.24. The second kappa shape index (κ2) is 8.49. The highest BCUT2D eigenvalue weighted by molar-refractivity contribution is 6.28. The Labute approximate surface area is 151 Å². The molecule has 0 N–H and O–H groups in total. The Hall–Kier alpha value is -1.59.